The second-order valence-electron chi connectivity index (χ2n) is 12.7. The van der Waals surface area contributed by atoms with Crippen LogP contribution in [0.2, 0.25) is 0 Å². The molecule has 0 bridgehead atoms. The fourth-order valence-electron chi connectivity index (χ4n) is 6.09. The zero-order chi connectivity index (χ0) is 35.4. The molecule has 0 spiro atoms. The van der Waals surface area contributed by atoms with Crippen LogP contribution in [0.4, 0.5) is 11.4 Å². The molecule has 4 rings (SSSR count). The Morgan fingerprint density at radius 1 is 0.796 bits per heavy atom. The quantitative estimate of drug-likeness (QED) is 0.125. The van der Waals surface area contributed by atoms with Gasteiger partial charge in [-0.2, -0.15) is 13.0 Å². The van der Waals surface area contributed by atoms with Crippen LogP contribution in [0.3, 0.4) is 0 Å². The summed E-state index contributed by atoms with van der Waals surface area (Å²) in [6.45, 7) is 9.19. The summed E-state index contributed by atoms with van der Waals surface area (Å²) in [4.78, 5) is 1.60. The first-order valence-corrected chi connectivity index (χ1v) is 20.9. The molecule has 0 aromatic heterocycles. The Morgan fingerprint density at radius 3 is 1.98 bits per heavy atom. The van der Waals surface area contributed by atoms with Crippen molar-refractivity contribution in [1.29, 1.82) is 0 Å². The van der Waals surface area contributed by atoms with Crippen molar-refractivity contribution in [3.05, 3.63) is 77.0 Å². The van der Waals surface area contributed by atoms with E-state index in [1.807, 2.05) is 43.9 Å². The summed E-state index contributed by atoms with van der Waals surface area (Å²) in [7, 11) is -17.9. The summed E-state index contributed by atoms with van der Waals surface area (Å²) in [6, 6.07) is 9.84. The number of fused-ring (bicyclic) bond motifs is 2. The summed E-state index contributed by atoms with van der Waals surface area (Å²) >= 11 is 0. The molecule has 2 aromatic rings. The van der Waals surface area contributed by atoms with Gasteiger partial charge in [-0.25, -0.2) is 25.3 Å². The van der Waals surface area contributed by atoms with Crippen molar-refractivity contribution in [1.82, 2.24) is 0 Å². The van der Waals surface area contributed by atoms with Crippen LogP contribution < -0.4 is 108 Å². The zero-order valence-corrected chi connectivity index (χ0v) is 38.0. The number of benzene rings is 2. The molecule has 19 heteroatoms. The van der Waals surface area contributed by atoms with Gasteiger partial charge in [0.2, 0.25) is 5.69 Å². The van der Waals surface area contributed by atoms with Crippen molar-refractivity contribution in [3.8, 4) is 0 Å². The molecule has 0 amide bonds. The molecule has 0 saturated carbocycles. The average Bonchev–Trinajstić information content (AvgIpc) is 3.26. The fourth-order valence-corrected chi connectivity index (χ4v) is 9.41. The van der Waals surface area contributed by atoms with Crippen LogP contribution >= 0.6 is 0 Å². The summed E-state index contributed by atoms with van der Waals surface area (Å²) in [5.41, 5.74) is 3.38. The average molecular weight is 808 g/mol. The molecule has 13 nitrogen and oxygen atoms in total. The Morgan fingerprint density at radius 2 is 1.41 bits per heavy atom. The molecule has 0 atom stereocenters. The van der Waals surface area contributed by atoms with Crippen LogP contribution in [0, 0.1) is 6.92 Å². The molecule has 258 valence electrons. The van der Waals surface area contributed by atoms with E-state index in [9.17, 15) is 47.3 Å². The number of hydrogen-bond acceptors (Lipinski definition) is 11. The molecule has 2 aromatic carbocycles. The molecule has 0 radical (unpaired) electrons. The Kier molecular flexibility index (Phi) is 15.2. The van der Waals surface area contributed by atoms with Crippen molar-refractivity contribution >= 4 is 57.3 Å². The van der Waals surface area contributed by atoms with E-state index in [2.05, 4.69) is 0 Å². The maximum absolute atomic E-state index is 12.9. The predicted molar refractivity (Wildman–Crippen MR) is 176 cm³/mol. The van der Waals surface area contributed by atoms with E-state index in [0.29, 0.717) is 17.0 Å². The first kappa shape index (κ1) is 45.5. The van der Waals surface area contributed by atoms with Gasteiger partial charge in [-0.3, -0.25) is 4.55 Å². The van der Waals surface area contributed by atoms with Gasteiger partial charge in [0.05, 0.1) is 43.4 Å². The van der Waals surface area contributed by atoms with E-state index < -0.39 is 74.0 Å². The first-order valence-electron chi connectivity index (χ1n) is 14.5. The van der Waals surface area contributed by atoms with Gasteiger partial charge >= 0.3 is 103 Å². The molecule has 0 fully saturated rings. The Hall–Kier alpha value is 0.343. The number of aryl methyl sites for hydroxylation is 1. The van der Waals surface area contributed by atoms with E-state index in [1.54, 1.807) is 36.7 Å². The topological polar surface area (TPSA) is 209 Å². The Bertz CT molecular complexity index is 2160. The number of rotatable bonds is 12. The molecular weight excluding hydrogens is 771 g/mol. The van der Waals surface area contributed by atoms with E-state index in [0.717, 1.165) is 22.5 Å². The third-order valence-corrected chi connectivity index (χ3v) is 12.6. The third-order valence-electron chi connectivity index (χ3n) is 8.52. The number of nitrogens with zero attached hydrogens (tertiary/aromatic N) is 2. The van der Waals surface area contributed by atoms with Crippen LogP contribution in [-0.4, -0.2) is 93.7 Å². The van der Waals surface area contributed by atoms with Gasteiger partial charge in [0.15, 0.2) is 22.1 Å². The largest absolute Gasteiger partial charge is 1.00 e. The maximum Gasteiger partial charge on any atom is 1.00 e. The van der Waals surface area contributed by atoms with Gasteiger partial charge in [-0.1, -0.05) is 37.6 Å². The molecular formula is C30H37K2N2O11S4+. The second-order valence-corrected chi connectivity index (χ2v) is 19.4. The number of anilines is 1. The van der Waals surface area contributed by atoms with Gasteiger partial charge < -0.3 is 14.0 Å². The summed E-state index contributed by atoms with van der Waals surface area (Å²) in [5, 5.41) is 0. The molecule has 0 unspecified atom stereocenters. The van der Waals surface area contributed by atoms with Gasteiger partial charge in [0, 0.05) is 41.1 Å². The van der Waals surface area contributed by atoms with Crippen molar-refractivity contribution < 1.29 is 155 Å². The predicted octanol–water partition coefficient (Wildman–Crippen LogP) is -3.63. The number of sulfone groups is 1. The molecule has 2 aliphatic rings. The van der Waals surface area contributed by atoms with Crippen molar-refractivity contribution in [2.45, 2.75) is 50.3 Å². The third kappa shape index (κ3) is 11.0. The van der Waals surface area contributed by atoms with Crippen LogP contribution in [0.25, 0.3) is 0 Å². The first-order chi connectivity index (χ1) is 21.3. The van der Waals surface area contributed by atoms with Gasteiger partial charge in [-0.15, -0.1) is 0 Å². The Balaban J connectivity index is 0.00000417. The van der Waals surface area contributed by atoms with Crippen molar-refractivity contribution in [2.24, 2.45) is 0 Å². The molecule has 0 aliphatic carbocycles. The number of hydrogen-bond donors (Lipinski definition) is 1. The van der Waals surface area contributed by atoms with Gasteiger partial charge in [0.1, 0.15) is 10.1 Å². The summed E-state index contributed by atoms with van der Waals surface area (Å²) < 4.78 is 128. The molecule has 2 heterocycles. The standard InChI is InChI=1S/C30H38N2O11S4.2K/c1-21-9-11-25-23(19-21)29(2,3)27(31(25)13-15-45(35,36)37)7-6-8-28-30(4,5)24-20-22(44(33,34)17-18-47(41,42)43)10-12-26(24)32(28)14-16-46(38,39)40;;/h6-12,19-20H,13-18H2,1-5H3,(H2-,35,36,37,38,39,40,41,42,43);;/q;2*+1/p-1. The minimum atomic E-state index is -4.79. The van der Waals surface area contributed by atoms with Crippen LogP contribution in [-0.2, 0) is 51.0 Å². The second kappa shape index (κ2) is 16.4. The molecule has 49 heavy (non-hydrogen) atoms. The summed E-state index contributed by atoms with van der Waals surface area (Å²) in [5.74, 6) is -3.26. The van der Waals surface area contributed by atoms with Crippen LogP contribution in [0.15, 0.2) is 65.2 Å². The van der Waals surface area contributed by atoms with Gasteiger partial charge in [0.25, 0.3) is 10.1 Å². The van der Waals surface area contributed by atoms with Crippen molar-refractivity contribution in [3.63, 3.8) is 0 Å². The zero-order valence-electron chi connectivity index (χ0n) is 28.5. The fraction of sp³-hybridized carbons (Fsp3) is 0.433. The van der Waals surface area contributed by atoms with Crippen LogP contribution in [0.5, 0.6) is 0 Å². The monoisotopic (exact) mass is 807 g/mol. The summed E-state index contributed by atoms with van der Waals surface area (Å²) in [6.07, 6.45) is 5.19. The van der Waals surface area contributed by atoms with Gasteiger partial charge in [-0.05, 0) is 50.6 Å². The minimum absolute atomic E-state index is 0. The minimum Gasteiger partial charge on any atom is -0.748 e. The smallest absolute Gasteiger partial charge is 0.748 e. The van der Waals surface area contributed by atoms with E-state index in [1.165, 1.54) is 18.2 Å². The van der Waals surface area contributed by atoms with E-state index in [4.69, 9.17) is 0 Å². The van der Waals surface area contributed by atoms with Crippen LogP contribution in [0.1, 0.15) is 44.4 Å². The molecule has 0 saturated heterocycles. The molecule has 1 N–H and O–H groups in total. The maximum atomic E-state index is 12.9. The molecule has 2 aliphatic heterocycles. The number of allylic oxidation sites excluding steroid dienone is 4. The van der Waals surface area contributed by atoms with E-state index >= 15 is 0 Å². The van der Waals surface area contributed by atoms with Crippen molar-refractivity contribution in [2.75, 3.05) is 41.0 Å². The van der Waals surface area contributed by atoms with E-state index in [-0.39, 0.29) is 121 Å². The normalized spacial score (nSPS) is 18.0. The Labute approximate surface area is 374 Å². The SMILES string of the molecule is Cc1ccc2c(c1)C(C)(C)/C(=C\C=C\C1=[N+](CCS(=O)(=O)[O-])c3ccc(S(=O)(=O)CCS(=O)(=O)[O-])cc3C1(C)C)N2CCS(=O)(=O)O.[K+].[K+].